The Bertz CT molecular complexity index is 1760. The number of halogens is 2. The highest BCUT2D eigenvalue weighted by Crippen LogP contribution is 2.28. The molecule has 1 aliphatic rings. The van der Waals surface area contributed by atoms with E-state index in [4.69, 9.17) is 23.2 Å². The summed E-state index contributed by atoms with van der Waals surface area (Å²) in [7, 11) is -4.16. The summed E-state index contributed by atoms with van der Waals surface area (Å²) in [6.45, 7) is 1.51. The summed E-state index contributed by atoms with van der Waals surface area (Å²) in [5.74, 6) is -0.809. The number of sulfonamides is 1. The molecular formula is C37H39Cl2N3O4S. The van der Waals surface area contributed by atoms with Crippen molar-refractivity contribution in [2.24, 2.45) is 0 Å². The number of rotatable bonds is 13. The minimum Gasteiger partial charge on any atom is -0.352 e. The zero-order valence-corrected chi connectivity index (χ0v) is 28.6. The van der Waals surface area contributed by atoms with Crippen molar-refractivity contribution in [2.75, 3.05) is 10.8 Å². The van der Waals surface area contributed by atoms with Crippen LogP contribution < -0.4 is 9.62 Å². The van der Waals surface area contributed by atoms with Crippen LogP contribution in [0, 0.1) is 0 Å². The highest BCUT2D eigenvalue weighted by Gasteiger charge is 2.35. The van der Waals surface area contributed by atoms with Crippen LogP contribution in [0.5, 0.6) is 0 Å². The van der Waals surface area contributed by atoms with Crippen molar-refractivity contribution in [3.8, 4) is 0 Å². The molecule has 0 radical (unpaired) electrons. The van der Waals surface area contributed by atoms with E-state index in [1.807, 2.05) is 49.4 Å². The van der Waals surface area contributed by atoms with Crippen molar-refractivity contribution >= 4 is 50.7 Å². The molecule has 10 heteroatoms. The van der Waals surface area contributed by atoms with Gasteiger partial charge < -0.3 is 10.2 Å². The van der Waals surface area contributed by atoms with Crippen LogP contribution in [0.1, 0.15) is 49.3 Å². The van der Waals surface area contributed by atoms with Crippen molar-refractivity contribution in [3.63, 3.8) is 0 Å². The molecule has 1 fully saturated rings. The maximum absolute atomic E-state index is 14.6. The van der Waals surface area contributed by atoms with E-state index in [1.54, 1.807) is 48.5 Å². The Kier molecular flexibility index (Phi) is 11.6. The second kappa shape index (κ2) is 15.8. The lowest BCUT2D eigenvalue weighted by atomic mass is 10.0. The van der Waals surface area contributed by atoms with Gasteiger partial charge in [0, 0.05) is 19.0 Å². The van der Waals surface area contributed by atoms with Crippen LogP contribution in [-0.2, 0) is 39.0 Å². The number of nitrogens with zero attached hydrogens (tertiary/aromatic N) is 2. The van der Waals surface area contributed by atoms with Crippen LogP contribution in [0.3, 0.4) is 0 Å². The SMILES string of the molecule is CCc1ccc(N(CC(=O)N(Cc2ccc(Cl)c(Cl)c2)[C@H](Cc2ccccc2)C(=O)NC2CCCC2)S(=O)(=O)c2ccccc2)cc1. The van der Waals surface area contributed by atoms with Crippen LogP contribution in [-0.4, -0.2) is 43.8 Å². The van der Waals surface area contributed by atoms with Gasteiger partial charge >= 0.3 is 0 Å². The number of hydrogen-bond acceptors (Lipinski definition) is 4. The summed E-state index contributed by atoms with van der Waals surface area (Å²) in [5, 5.41) is 3.86. The molecule has 0 aliphatic heterocycles. The summed E-state index contributed by atoms with van der Waals surface area (Å²) < 4.78 is 29.4. The number of carbonyl (C=O) groups excluding carboxylic acids is 2. The highest BCUT2D eigenvalue weighted by atomic mass is 35.5. The third kappa shape index (κ3) is 8.74. The first-order chi connectivity index (χ1) is 22.7. The summed E-state index contributed by atoms with van der Waals surface area (Å²) in [5.41, 5.74) is 2.91. The maximum Gasteiger partial charge on any atom is 0.264 e. The summed E-state index contributed by atoms with van der Waals surface area (Å²) in [6, 6.07) is 28.8. The van der Waals surface area contributed by atoms with Crippen LogP contribution in [0.15, 0.2) is 108 Å². The molecule has 5 rings (SSSR count). The standard InChI is InChI=1S/C37H39Cl2N3O4S/c1-2-27-17-20-31(21-18-27)42(47(45,46)32-15-7-4-8-16-32)26-36(43)41(25-29-19-22-33(38)34(39)23-29)35(24-28-11-5-3-6-12-28)37(44)40-30-13-9-10-14-30/h3-8,11-12,15-23,30,35H,2,9-10,13-14,24-26H2,1H3,(H,40,44)/t35-/m1/s1. The molecule has 0 heterocycles. The van der Waals surface area contributed by atoms with Gasteiger partial charge in [-0.3, -0.25) is 13.9 Å². The molecule has 1 atom stereocenters. The number of amides is 2. The fourth-order valence-electron chi connectivity index (χ4n) is 5.90. The summed E-state index contributed by atoms with van der Waals surface area (Å²) >= 11 is 12.6. The largest absolute Gasteiger partial charge is 0.352 e. The van der Waals surface area contributed by atoms with Crippen LogP contribution in [0.25, 0.3) is 0 Å². The fourth-order valence-corrected chi connectivity index (χ4v) is 7.66. The number of hydrogen-bond donors (Lipinski definition) is 1. The van der Waals surface area contributed by atoms with Crippen molar-refractivity contribution < 1.29 is 18.0 Å². The third-order valence-electron chi connectivity index (χ3n) is 8.55. The van der Waals surface area contributed by atoms with Gasteiger partial charge in [-0.2, -0.15) is 0 Å². The molecular weight excluding hydrogens is 653 g/mol. The van der Waals surface area contributed by atoms with E-state index in [0.717, 1.165) is 47.5 Å². The van der Waals surface area contributed by atoms with Gasteiger partial charge in [-0.1, -0.05) is 110 Å². The molecule has 0 unspecified atom stereocenters. The number of aryl methyl sites for hydroxylation is 1. The van der Waals surface area contributed by atoms with E-state index in [-0.39, 0.29) is 29.8 Å². The predicted molar refractivity (Wildman–Crippen MR) is 188 cm³/mol. The molecule has 2 amide bonds. The zero-order valence-electron chi connectivity index (χ0n) is 26.3. The first-order valence-electron chi connectivity index (χ1n) is 15.9. The predicted octanol–water partition coefficient (Wildman–Crippen LogP) is 7.45. The first kappa shape index (κ1) is 34.5. The molecule has 0 saturated heterocycles. The highest BCUT2D eigenvalue weighted by molar-refractivity contribution is 7.92. The van der Waals surface area contributed by atoms with Gasteiger partial charge in [0.15, 0.2) is 0 Å². The molecule has 47 heavy (non-hydrogen) atoms. The first-order valence-corrected chi connectivity index (χ1v) is 18.1. The molecule has 1 saturated carbocycles. The summed E-state index contributed by atoms with van der Waals surface area (Å²) in [6.07, 6.45) is 4.83. The molecule has 1 N–H and O–H groups in total. The van der Waals surface area contributed by atoms with Gasteiger partial charge in [0.05, 0.1) is 20.6 Å². The normalized spacial score (nSPS) is 14.0. The fraction of sp³-hybridized carbons (Fsp3) is 0.297. The number of carbonyl (C=O) groups is 2. The Morgan fingerprint density at radius 2 is 1.43 bits per heavy atom. The average Bonchev–Trinajstić information content (AvgIpc) is 3.60. The Balaban J connectivity index is 1.57. The van der Waals surface area contributed by atoms with E-state index in [0.29, 0.717) is 21.3 Å². The second-order valence-electron chi connectivity index (χ2n) is 11.8. The molecule has 0 spiro atoms. The molecule has 0 aromatic heterocycles. The number of nitrogens with one attached hydrogen (secondary N) is 1. The second-order valence-corrected chi connectivity index (χ2v) is 14.5. The molecule has 7 nitrogen and oxygen atoms in total. The number of anilines is 1. The Morgan fingerprint density at radius 3 is 2.04 bits per heavy atom. The molecule has 0 bridgehead atoms. The minimum atomic E-state index is -4.16. The molecule has 4 aromatic carbocycles. The van der Waals surface area contributed by atoms with E-state index >= 15 is 0 Å². The van der Waals surface area contributed by atoms with Crippen LogP contribution >= 0.6 is 23.2 Å². The van der Waals surface area contributed by atoms with E-state index < -0.39 is 28.5 Å². The van der Waals surface area contributed by atoms with Gasteiger partial charge in [-0.05, 0) is 72.4 Å². The average molecular weight is 693 g/mol. The van der Waals surface area contributed by atoms with Crippen LogP contribution in [0.4, 0.5) is 5.69 Å². The smallest absolute Gasteiger partial charge is 0.264 e. The molecule has 4 aromatic rings. The van der Waals surface area contributed by atoms with Gasteiger partial charge in [0.2, 0.25) is 11.8 Å². The lowest BCUT2D eigenvalue weighted by Crippen LogP contribution is -2.54. The van der Waals surface area contributed by atoms with Crippen molar-refractivity contribution in [2.45, 2.75) is 69.0 Å². The topological polar surface area (TPSA) is 86.8 Å². The van der Waals surface area contributed by atoms with Gasteiger partial charge in [-0.25, -0.2) is 8.42 Å². The lowest BCUT2D eigenvalue weighted by Gasteiger charge is -2.34. The third-order valence-corrected chi connectivity index (χ3v) is 11.1. The molecule has 1 aliphatic carbocycles. The number of benzene rings is 4. The molecule has 246 valence electrons. The van der Waals surface area contributed by atoms with Crippen LogP contribution in [0.2, 0.25) is 10.0 Å². The maximum atomic E-state index is 14.6. The van der Waals surface area contributed by atoms with Gasteiger partial charge in [0.1, 0.15) is 12.6 Å². The van der Waals surface area contributed by atoms with Crippen molar-refractivity contribution in [1.29, 1.82) is 0 Å². The monoisotopic (exact) mass is 691 g/mol. The van der Waals surface area contributed by atoms with E-state index in [9.17, 15) is 18.0 Å². The van der Waals surface area contributed by atoms with Gasteiger partial charge in [-0.15, -0.1) is 0 Å². The summed E-state index contributed by atoms with van der Waals surface area (Å²) in [4.78, 5) is 30.3. The van der Waals surface area contributed by atoms with Crippen molar-refractivity contribution in [3.05, 3.63) is 130 Å². The Hall–Kier alpha value is -3.85. The van der Waals surface area contributed by atoms with E-state index in [2.05, 4.69) is 5.32 Å². The quantitative estimate of drug-likeness (QED) is 0.158. The van der Waals surface area contributed by atoms with E-state index in [1.165, 1.54) is 17.0 Å². The Morgan fingerprint density at radius 1 is 0.809 bits per heavy atom. The zero-order chi connectivity index (χ0) is 33.4. The van der Waals surface area contributed by atoms with Gasteiger partial charge in [0.25, 0.3) is 10.0 Å². The van der Waals surface area contributed by atoms with Crippen molar-refractivity contribution in [1.82, 2.24) is 10.2 Å². The lowest BCUT2D eigenvalue weighted by molar-refractivity contribution is -0.140. The Labute approximate surface area is 287 Å². The minimum absolute atomic E-state index is 0.0132.